The summed E-state index contributed by atoms with van der Waals surface area (Å²) in [6.07, 6.45) is 0. The van der Waals surface area contributed by atoms with E-state index < -0.39 is 27.9 Å². The second kappa shape index (κ2) is 4.02. The Labute approximate surface area is 102 Å². The van der Waals surface area contributed by atoms with E-state index in [1.165, 1.54) is 4.90 Å². The van der Waals surface area contributed by atoms with Crippen LogP contribution in [-0.2, 0) is 0 Å². The third-order valence-electron chi connectivity index (χ3n) is 2.69. The van der Waals surface area contributed by atoms with Gasteiger partial charge in [0.2, 0.25) is 0 Å². The second-order valence-electron chi connectivity index (χ2n) is 4.61. The first kappa shape index (κ1) is 12.4. The van der Waals surface area contributed by atoms with Crippen molar-refractivity contribution in [3.63, 3.8) is 0 Å². The lowest BCUT2D eigenvalue weighted by molar-refractivity contribution is -0.385. The summed E-state index contributed by atoms with van der Waals surface area (Å²) in [4.78, 5) is 23.0. The first-order chi connectivity index (χ1) is 8.28. The molecule has 0 bridgehead atoms. The number of nitro benzene ring substituents is 1. The van der Waals surface area contributed by atoms with Crippen LogP contribution in [0.2, 0.25) is 0 Å². The van der Waals surface area contributed by atoms with Crippen LogP contribution in [0.1, 0.15) is 17.3 Å². The number of β-amino-alcohol motifs (C(OH)–C–C–N with tert-alkyl or cyclic N) is 1. The molecular weight excluding hydrogens is 243 g/mol. The molecule has 1 saturated heterocycles. The number of likely N-dealkylation sites (tertiary alicyclic amines) is 1. The maximum Gasteiger partial charge on any atom is 0.273 e. The highest BCUT2D eigenvalue weighted by molar-refractivity contribution is 5.95. The highest BCUT2D eigenvalue weighted by atomic mass is 19.1. The zero-order valence-electron chi connectivity index (χ0n) is 9.59. The fourth-order valence-electron chi connectivity index (χ4n) is 1.91. The second-order valence-corrected chi connectivity index (χ2v) is 4.61. The molecule has 0 radical (unpaired) electrons. The average Bonchev–Trinajstić information content (AvgIpc) is 2.23. The van der Waals surface area contributed by atoms with E-state index in [2.05, 4.69) is 0 Å². The van der Waals surface area contributed by atoms with Crippen LogP contribution in [0.5, 0.6) is 0 Å². The predicted octanol–water partition coefficient (Wildman–Crippen LogP) is 0.941. The van der Waals surface area contributed by atoms with Crippen molar-refractivity contribution < 1.29 is 19.2 Å². The highest BCUT2D eigenvalue weighted by Crippen LogP contribution is 2.24. The summed E-state index contributed by atoms with van der Waals surface area (Å²) in [6.45, 7) is 1.84. The monoisotopic (exact) mass is 254 g/mol. The van der Waals surface area contributed by atoms with E-state index in [4.69, 9.17) is 0 Å². The van der Waals surface area contributed by atoms with E-state index in [-0.39, 0.29) is 18.7 Å². The first-order valence-corrected chi connectivity index (χ1v) is 5.25. The Balaban J connectivity index is 2.23. The van der Waals surface area contributed by atoms with E-state index in [1.807, 2.05) is 0 Å². The van der Waals surface area contributed by atoms with E-state index in [0.717, 1.165) is 18.2 Å². The van der Waals surface area contributed by atoms with Crippen LogP contribution in [0.25, 0.3) is 0 Å². The molecule has 1 aliphatic rings. The Morgan fingerprint density at radius 3 is 2.61 bits per heavy atom. The van der Waals surface area contributed by atoms with Crippen LogP contribution in [0.4, 0.5) is 10.1 Å². The Morgan fingerprint density at radius 2 is 2.11 bits per heavy atom. The van der Waals surface area contributed by atoms with Gasteiger partial charge in [0.05, 0.1) is 29.7 Å². The van der Waals surface area contributed by atoms with Crippen molar-refractivity contribution in [3.8, 4) is 0 Å². The van der Waals surface area contributed by atoms with Gasteiger partial charge in [-0.3, -0.25) is 14.9 Å². The normalized spacial score (nSPS) is 17.2. The van der Waals surface area contributed by atoms with E-state index in [1.54, 1.807) is 6.92 Å². The number of hydrogen-bond donors (Lipinski definition) is 1. The molecule has 0 unspecified atom stereocenters. The van der Waals surface area contributed by atoms with Gasteiger partial charge >= 0.3 is 0 Å². The van der Waals surface area contributed by atoms with Gasteiger partial charge in [0.25, 0.3) is 11.6 Å². The van der Waals surface area contributed by atoms with Crippen LogP contribution in [0.3, 0.4) is 0 Å². The van der Waals surface area contributed by atoms with E-state index in [9.17, 15) is 24.4 Å². The topological polar surface area (TPSA) is 83.7 Å². The number of halogens is 1. The Kier molecular flexibility index (Phi) is 2.78. The number of nitrogens with zero attached hydrogens (tertiary/aromatic N) is 2. The summed E-state index contributed by atoms with van der Waals surface area (Å²) in [6, 6.07) is 2.73. The molecule has 7 heteroatoms. The molecule has 6 nitrogen and oxygen atoms in total. The van der Waals surface area contributed by atoms with Gasteiger partial charge < -0.3 is 10.0 Å². The predicted molar refractivity (Wildman–Crippen MR) is 59.6 cm³/mol. The summed E-state index contributed by atoms with van der Waals surface area (Å²) in [5, 5.41) is 20.1. The van der Waals surface area contributed by atoms with Gasteiger partial charge in [-0.2, -0.15) is 0 Å². The van der Waals surface area contributed by atoms with E-state index in [0.29, 0.717) is 0 Å². The largest absolute Gasteiger partial charge is 0.386 e. The molecule has 1 aliphatic heterocycles. The standard InChI is InChI=1S/C11H11FN2O4/c1-11(16)5-13(6-11)10(15)7-2-8(12)4-9(3-7)14(17)18/h2-4,16H,5-6H2,1H3. The lowest BCUT2D eigenvalue weighted by Crippen LogP contribution is -2.61. The molecule has 1 aromatic rings. The third-order valence-corrected chi connectivity index (χ3v) is 2.69. The lowest BCUT2D eigenvalue weighted by atomic mass is 9.96. The van der Waals surface area contributed by atoms with Crippen LogP contribution < -0.4 is 0 Å². The van der Waals surface area contributed by atoms with Crippen LogP contribution in [0, 0.1) is 15.9 Å². The molecule has 0 saturated carbocycles. The smallest absolute Gasteiger partial charge is 0.273 e. The molecule has 1 fully saturated rings. The van der Waals surface area contributed by atoms with Gasteiger partial charge in [-0.05, 0) is 13.0 Å². The van der Waals surface area contributed by atoms with Crippen molar-refractivity contribution >= 4 is 11.6 Å². The van der Waals surface area contributed by atoms with Gasteiger partial charge in [0.15, 0.2) is 0 Å². The summed E-state index contributed by atoms with van der Waals surface area (Å²) in [5.41, 5.74) is -1.49. The van der Waals surface area contributed by atoms with Crippen molar-refractivity contribution in [1.29, 1.82) is 0 Å². The van der Waals surface area contributed by atoms with Gasteiger partial charge in [-0.25, -0.2) is 4.39 Å². The molecule has 0 aliphatic carbocycles. The minimum atomic E-state index is -0.936. The number of carbonyl (C=O) groups is 1. The average molecular weight is 254 g/mol. The maximum absolute atomic E-state index is 13.2. The van der Waals surface area contributed by atoms with Crippen LogP contribution in [0.15, 0.2) is 18.2 Å². The molecule has 96 valence electrons. The number of amides is 1. The molecule has 0 atom stereocenters. The number of hydrogen-bond acceptors (Lipinski definition) is 4. The molecule has 0 aromatic heterocycles. The highest BCUT2D eigenvalue weighted by Gasteiger charge is 2.39. The number of non-ortho nitro benzene ring substituents is 1. The zero-order valence-corrected chi connectivity index (χ0v) is 9.59. The Morgan fingerprint density at radius 1 is 1.50 bits per heavy atom. The van der Waals surface area contributed by atoms with Crippen LogP contribution in [-0.4, -0.2) is 39.5 Å². The number of nitro groups is 1. The van der Waals surface area contributed by atoms with Gasteiger partial charge in [-0.15, -0.1) is 0 Å². The summed E-state index contributed by atoms with van der Waals surface area (Å²) >= 11 is 0. The number of benzene rings is 1. The molecule has 1 N–H and O–H groups in total. The first-order valence-electron chi connectivity index (χ1n) is 5.25. The van der Waals surface area contributed by atoms with Crippen molar-refractivity contribution in [2.24, 2.45) is 0 Å². The SMILES string of the molecule is CC1(O)CN(C(=O)c2cc(F)cc([N+](=O)[O-])c2)C1. The van der Waals surface area contributed by atoms with Crippen molar-refractivity contribution in [1.82, 2.24) is 4.90 Å². The zero-order chi connectivity index (χ0) is 13.5. The number of carbonyl (C=O) groups excluding carboxylic acids is 1. The van der Waals surface area contributed by atoms with Crippen molar-refractivity contribution in [2.45, 2.75) is 12.5 Å². The Bertz CT molecular complexity index is 522. The molecule has 1 aromatic carbocycles. The van der Waals surface area contributed by atoms with Gasteiger partial charge in [0, 0.05) is 11.6 Å². The van der Waals surface area contributed by atoms with Crippen molar-refractivity contribution in [2.75, 3.05) is 13.1 Å². The molecular formula is C11H11FN2O4. The molecule has 18 heavy (non-hydrogen) atoms. The minimum Gasteiger partial charge on any atom is -0.386 e. The maximum atomic E-state index is 13.2. The summed E-state index contributed by atoms with van der Waals surface area (Å²) in [5.74, 6) is -1.36. The third kappa shape index (κ3) is 2.30. The molecule has 1 amide bonds. The molecule has 1 heterocycles. The van der Waals surface area contributed by atoms with Gasteiger partial charge in [-0.1, -0.05) is 0 Å². The summed E-state index contributed by atoms with van der Waals surface area (Å²) < 4.78 is 13.2. The number of rotatable bonds is 2. The Hall–Kier alpha value is -2.02. The molecule has 2 rings (SSSR count). The van der Waals surface area contributed by atoms with Crippen LogP contribution >= 0.6 is 0 Å². The summed E-state index contributed by atoms with van der Waals surface area (Å²) in [7, 11) is 0. The van der Waals surface area contributed by atoms with Crippen molar-refractivity contribution in [3.05, 3.63) is 39.7 Å². The quantitative estimate of drug-likeness (QED) is 0.628. The molecule has 0 spiro atoms. The van der Waals surface area contributed by atoms with E-state index >= 15 is 0 Å². The lowest BCUT2D eigenvalue weighted by Gasteiger charge is -2.44. The minimum absolute atomic E-state index is 0.0859. The van der Waals surface area contributed by atoms with Gasteiger partial charge in [0.1, 0.15) is 5.82 Å². The fraction of sp³-hybridized carbons (Fsp3) is 0.364. The fourth-order valence-corrected chi connectivity index (χ4v) is 1.91. The number of aliphatic hydroxyl groups is 1.